The number of ketones is 1. The molecule has 2 atom stereocenters. The van der Waals surface area contributed by atoms with Gasteiger partial charge in [-0.3, -0.25) is 24.3 Å². The molecule has 3 aliphatic rings. The van der Waals surface area contributed by atoms with Gasteiger partial charge in [-0.2, -0.15) is 0 Å². The monoisotopic (exact) mass is 850 g/mol. The van der Waals surface area contributed by atoms with E-state index in [0.717, 1.165) is 39.2 Å². The average molecular weight is 851 g/mol. The lowest BCUT2D eigenvalue weighted by molar-refractivity contribution is -0.146. The molecule has 13 heteroatoms. The van der Waals surface area contributed by atoms with Crippen LogP contribution in [0.5, 0.6) is 0 Å². The number of esters is 1. The maximum Gasteiger partial charge on any atom is 0.323 e. The molecule has 6 amide bonds. The fourth-order valence-corrected chi connectivity index (χ4v) is 7.83. The second-order valence-electron chi connectivity index (χ2n) is 14.2. The van der Waals surface area contributed by atoms with E-state index in [2.05, 4.69) is 0 Å². The van der Waals surface area contributed by atoms with Crippen LogP contribution in [0.3, 0.4) is 0 Å². The highest BCUT2D eigenvalue weighted by molar-refractivity contribution is 6.11. The van der Waals surface area contributed by atoms with E-state index in [1.54, 1.807) is 42.5 Å². The third-order valence-corrected chi connectivity index (χ3v) is 10.3. The molecule has 0 unspecified atom stereocenters. The van der Waals surface area contributed by atoms with Crippen LogP contribution in [0, 0.1) is 0 Å². The molecular formula is C50H54N6O7. The number of para-hydroxylation sites is 6. The number of amides is 6. The number of ether oxygens (including phenoxy) is 1. The lowest BCUT2D eigenvalue weighted by Gasteiger charge is -2.23. The first kappa shape index (κ1) is 47.9. The van der Waals surface area contributed by atoms with Crippen molar-refractivity contribution < 1.29 is 33.8 Å². The molecule has 63 heavy (non-hydrogen) atoms. The number of primary amides is 3. The number of aliphatic hydroxyl groups is 1. The van der Waals surface area contributed by atoms with Gasteiger partial charge in [-0.05, 0) is 59.2 Å². The number of Topliss-reactive ketones (excluding diaryl/α,β-unsaturated/α-hetero) is 1. The molecule has 0 saturated heterocycles. The number of hydrogen-bond donors (Lipinski definition) is 4. The Balaban J connectivity index is 0.000000203. The summed E-state index contributed by atoms with van der Waals surface area (Å²) in [6, 6.07) is 42.3. The van der Waals surface area contributed by atoms with Crippen molar-refractivity contribution in [3.8, 4) is 0 Å². The zero-order valence-corrected chi connectivity index (χ0v) is 32.6. The second kappa shape index (κ2) is 20.7. The van der Waals surface area contributed by atoms with Gasteiger partial charge in [-0.15, -0.1) is 0 Å². The fourth-order valence-electron chi connectivity index (χ4n) is 7.83. The molecule has 9 rings (SSSR count). The molecule has 6 aromatic carbocycles. The van der Waals surface area contributed by atoms with Gasteiger partial charge in [0.05, 0.1) is 40.2 Å². The van der Waals surface area contributed by atoms with Crippen molar-refractivity contribution in [2.45, 2.75) is 60.7 Å². The van der Waals surface area contributed by atoms with Crippen molar-refractivity contribution in [3.63, 3.8) is 0 Å². The van der Waals surface area contributed by atoms with Gasteiger partial charge in [-0.25, -0.2) is 14.4 Å². The summed E-state index contributed by atoms with van der Waals surface area (Å²) in [5.74, 6) is -0.364. The predicted molar refractivity (Wildman–Crippen MR) is 249 cm³/mol. The molecule has 0 bridgehead atoms. The van der Waals surface area contributed by atoms with Crippen molar-refractivity contribution in [3.05, 3.63) is 179 Å². The Hall–Kier alpha value is -7.77. The van der Waals surface area contributed by atoms with Crippen LogP contribution in [-0.2, 0) is 28.8 Å². The highest BCUT2D eigenvalue weighted by Crippen LogP contribution is 2.42. The quantitative estimate of drug-likeness (QED) is 0.118. The number of urea groups is 3. The molecule has 0 fully saturated rings. The van der Waals surface area contributed by atoms with Gasteiger partial charge in [0.1, 0.15) is 6.10 Å². The molecule has 13 nitrogen and oxygen atoms in total. The predicted octanol–water partition coefficient (Wildman–Crippen LogP) is 10.1. The van der Waals surface area contributed by atoms with E-state index in [1.165, 1.54) is 21.6 Å². The van der Waals surface area contributed by atoms with E-state index >= 15 is 0 Å². The maximum atomic E-state index is 12.3. The van der Waals surface area contributed by atoms with Gasteiger partial charge in [0.15, 0.2) is 5.78 Å². The van der Waals surface area contributed by atoms with E-state index in [1.807, 2.05) is 103 Å². The summed E-state index contributed by atoms with van der Waals surface area (Å²) in [6.45, 7) is 1.38. The van der Waals surface area contributed by atoms with Crippen molar-refractivity contribution in [2.24, 2.45) is 17.2 Å². The molecular weight excluding hydrogens is 797 g/mol. The zero-order valence-electron chi connectivity index (χ0n) is 32.6. The molecule has 0 aliphatic carbocycles. The molecule has 7 N–H and O–H groups in total. The number of fused-ring (bicyclic) bond motifs is 6. The van der Waals surface area contributed by atoms with E-state index in [0.29, 0.717) is 41.2 Å². The van der Waals surface area contributed by atoms with Crippen LogP contribution in [0.4, 0.5) is 48.5 Å². The molecule has 0 aromatic heterocycles. The third-order valence-electron chi connectivity index (χ3n) is 10.3. The van der Waals surface area contributed by atoms with Crippen LogP contribution in [0.15, 0.2) is 146 Å². The molecule has 0 spiro atoms. The van der Waals surface area contributed by atoms with Gasteiger partial charge >= 0.3 is 24.1 Å². The fraction of sp³-hybridized carbons (Fsp3) is 0.180. The maximum absolute atomic E-state index is 12.3. The average Bonchev–Trinajstić information content (AvgIpc) is 3.52. The largest absolute Gasteiger partial charge is 0.457 e. The molecule has 6 aromatic rings. The summed E-state index contributed by atoms with van der Waals surface area (Å²) in [4.78, 5) is 63.6. The van der Waals surface area contributed by atoms with Crippen LogP contribution < -0.4 is 31.9 Å². The Bertz CT molecular complexity index is 2630. The number of hydrogen-bond acceptors (Lipinski definition) is 7. The molecule has 0 saturated carbocycles. The zero-order chi connectivity index (χ0) is 42.5. The van der Waals surface area contributed by atoms with Crippen LogP contribution in [0.1, 0.15) is 79.6 Å². The van der Waals surface area contributed by atoms with Gasteiger partial charge in [0, 0.05) is 42.9 Å². The summed E-state index contributed by atoms with van der Waals surface area (Å²) in [5.41, 5.74) is 25.2. The summed E-state index contributed by atoms with van der Waals surface area (Å²) in [5, 5.41) is 10.3. The van der Waals surface area contributed by atoms with E-state index in [4.69, 9.17) is 21.9 Å². The highest BCUT2D eigenvalue weighted by Gasteiger charge is 2.32. The lowest BCUT2D eigenvalue weighted by Crippen LogP contribution is -2.32. The first-order chi connectivity index (χ1) is 28.9. The molecule has 326 valence electrons. The number of benzene rings is 6. The third kappa shape index (κ3) is 9.90. The Morgan fingerprint density at radius 3 is 1.38 bits per heavy atom. The first-order valence-corrected chi connectivity index (χ1v) is 19.1. The molecule has 3 aliphatic heterocycles. The number of carbonyl (C=O) groups is 5. The van der Waals surface area contributed by atoms with Crippen LogP contribution in [-0.4, -0.2) is 35.0 Å². The number of nitrogens with zero attached hydrogens (tertiary/aromatic N) is 3. The van der Waals surface area contributed by atoms with Gasteiger partial charge in [-0.1, -0.05) is 125 Å². The standard InChI is InChI=1S/C17H16N2O3.C15H14N2O2.C15H12N2O2.3CH4/c1-11(20)22-16-10-12-6-2-4-8-14(12)19(17(18)21)15-9-5-3-7-13(15)16;2*16-15(19)17-12-7-3-1-5-10(12)9-14(18)11-6-2-4-8-13(11)17;;;/h2-9,16H,10H2,1H3,(H2,18,21);1-8,14,18H,9H2,(H2,16,19);1-8H,9H2,(H2,16,19);3*1H4/t16-;14-;;;;/m00..../s1. The highest BCUT2D eigenvalue weighted by atomic mass is 16.5. The van der Waals surface area contributed by atoms with E-state index in [-0.39, 0.29) is 40.5 Å². The number of nitrogens with two attached hydrogens (primary N) is 3. The first-order valence-electron chi connectivity index (χ1n) is 19.1. The van der Waals surface area contributed by atoms with Crippen molar-refractivity contribution in [1.82, 2.24) is 0 Å². The van der Waals surface area contributed by atoms with Gasteiger partial charge in [0.2, 0.25) is 0 Å². The summed E-state index contributed by atoms with van der Waals surface area (Å²) in [7, 11) is 0. The van der Waals surface area contributed by atoms with Crippen molar-refractivity contribution in [2.75, 3.05) is 14.7 Å². The normalized spacial score (nSPS) is 15.0. The summed E-state index contributed by atoms with van der Waals surface area (Å²) in [6.07, 6.45) is 0.158. The minimum atomic E-state index is -0.637. The number of carbonyl (C=O) groups excluding carboxylic acids is 5. The van der Waals surface area contributed by atoms with Crippen molar-refractivity contribution in [1.29, 1.82) is 0 Å². The Morgan fingerprint density at radius 1 is 0.508 bits per heavy atom. The van der Waals surface area contributed by atoms with Gasteiger partial charge < -0.3 is 27.0 Å². The summed E-state index contributed by atoms with van der Waals surface area (Å²) < 4.78 is 5.46. The van der Waals surface area contributed by atoms with Crippen molar-refractivity contribution >= 4 is 64.0 Å². The smallest absolute Gasteiger partial charge is 0.323 e. The van der Waals surface area contributed by atoms with Crippen LogP contribution >= 0.6 is 0 Å². The van der Waals surface area contributed by atoms with Crippen LogP contribution in [0.2, 0.25) is 0 Å². The van der Waals surface area contributed by atoms with Gasteiger partial charge in [0.25, 0.3) is 0 Å². The lowest BCUT2D eigenvalue weighted by atomic mass is 10.0. The Labute approximate surface area is 368 Å². The minimum Gasteiger partial charge on any atom is -0.457 e. The van der Waals surface area contributed by atoms with E-state index < -0.39 is 30.3 Å². The number of rotatable bonds is 1. The SMILES string of the molecule is C.C.C.CC(=O)O[C@H]1Cc2ccccc2N(C(N)=O)c2ccccc21.NC(=O)N1c2ccccc2CC(=O)c2ccccc21.NC(=O)N1c2ccccc2C[C@H](O)c2ccccc21. The molecule has 3 heterocycles. The number of aliphatic hydroxyl groups excluding tert-OH is 1. The molecule has 0 radical (unpaired) electrons. The Kier molecular flexibility index (Phi) is 15.7. The number of anilines is 6. The van der Waals surface area contributed by atoms with Crippen LogP contribution in [0.25, 0.3) is 0 Å². The topological polar surface area (TPSA) is 203 Å². The minimum absolute atomic E-state index is 0. The Morgan fingerprint density at radius 2 is 0.873 bits per heavy atom. The van der Waals surface area contributed by atoms with E-state index in [9.17, 15) is 29.1 Å². The second-order valence-corrected chi connectivity index (χ2v) is 14.2. The summed E-state index contributed by atoms with van der Waals surface area (Å²) >= 11 is 0.